The molecule has 0 amide bonds. The minimum Gasteiger partial charge on any atom is -0.464 e. The van der Waals surface area contributed by atoms with Gasteiger partial charge in [0, 0.05) is 5.56 Å². The third-order valence-electron chi connectivity index (χ3n) is 2.33. The van der Waals surface area contributed by atoms with E-state index in [1.165, 1.54) is 0 Å². The average molecular weight is 251 g/mol. The van der Waals surface area contributed by atoms with Crippen molar-refractivity contribution in [1.82, 2.24) is 0 Å². The van der Waals surface area contributed by atoms with Crippen molar-refractivity contribution in [2.24, 2.45) is 0 Å². The van der Waals surface area contributed by atoms with Gasteiger partial charge >= 0.3 is 0 Å². The molecule has 0 saturated heterocycles. The quantitative estimate of drug-likeness (QED) is 0.912. The van der Waals surface area contributed by atoms with E-state index >= 15 is 0 Å². The minimum atomic E-state index is -3.24. The van der Waals surface area contributed by atoms with Gasteiger partial charge in [0.05, 0.1) is 18.2 Å². The molecule has 0 radical (unpaired) electrons. The molecular weight excluding hydrogens is 238 g/mol. The summed E-state index contributed by atoms with van der Waals surface area (Å²) in [4.78, 5) is 0. The molecule has 1 heterocycles. The fourth-order valence-electron chi connectivity index (χ4n) is 1.57. The number of nitrogens with one attached hydrogen (secondary N) is 1. The zero-order valence-corrected chi connectivity index (χ0v) is 10.4. The molecule has 0 aliphatic rings. The van der Waals surface area contributed by atoms with Crippen LogP contribution in [0.5, 0.6) is 0 Å². The molecule has 0 fully saturated rings. The van der Waals surface area contributed by atoms with E-state index in [0.717, 1.165) is 23.1 Å². The molecule has 0 unspecified atom stereocenters. The molecule has 17 heavy (non-hydrogen) atoms. The van der Waals surface area contributed by atoms with Crippen molar-refractivity contribution >= 4 is 15.7 Å². The summed E-state index contributed by atoms with van der Waals surface area (Å²) in [6.07, 6.45) is 2.74. The minimum absolute atomic E-state index is 0.586. The van der Waals surface area contributed by atoms with Crippen molar-refractivity contribution in [3.8, 4) is 11.3 Å². The summed E-state index contributed by atoms with van der Waals surface area (Å²) in [5.74, 6) is 0.763. The molecule has 0 saturated carbocycles. The van der Waals surface area contributed by atoms with Crippen LogP contribution in [0, 0.1) is 6.92 Å². The van der Waals surface area contributed by atoms with Crippen LogP contribution in [-0.2, 0) is 10.0 Å². The molecule has 0 aliphatic heterocycles. The number of benzene rings is 1. The van der Waals surface area contributed by atoms with Gasteiger partial charge < -0.3 is 4.42 Å². The first-order valence-corrected chi connectivity index (χ1v) is 6.97. The zero-order chi connectivity index (χ0) is 12.5. The second-order valence-electron chi connectivity index (χ2n) is 3.88. The van der Waals surface area contributed by atoms with Crippen molar-refractivity contribution in [1.29, 1.82) is 0 Å². The van der Waals surface area contributed by atoms with Crippen LogP contribution in [0.4, 0.5) is 5.69 Å². The SMILES string of the molecule is Cc1cc(-c2ccco2)ccc1NS(C)(=O)=O. The van der Waals surface area contributed by atoms with E-state index in [1.807, 2.05) is 31.2 Å². The highest BCUT2D eigenvalue weighted by Gasteiger charge is 2.07. The summed E-state index contributed by atoms with van der Waals surface area (Å²) < 4.78 is 30.0. The maximum atomic E-state index is 11.1. The van der Waals surface area contributed by atoms with Gasteiger partial charge in [0.15, 0.2) is 0 Å². The highest BCUT2D eigenvalue weighted by atomic mass is 32.2. The number of furan rings is 1. The van der Waals surface area contributed by atoms with Gasteiger partial charge in [-0.15, -0.1) is 0 Å². The summed E-state index contributed by atoms with van der Waals surface area (Å²) in [6.45, 7) is 1.85. The molecule has 0 atom stereocenters. The van der Waals surface area contributed by atoms with Gasteiger partial charge in [-0.2, -0.15) is 0 Å². The summed E-state index contributed by atoms with van der Waals surface area (Å²) in [5.41, 5.74) is 2.36. The third-order valence-corrected chi connectivity index (χ3v) is 2.92. The van der Waals surface area contributed by atoms with E-state index in [0.29, 0.717) is 5.69 Å². The number of aryl methyl sites for hydroxylation is 1. The maximum Gasteiger partial charge on any atom is 0.229 e. The van der Waals surface area contributed by atoms with Gasteiger partial charge in [-0.05, 0) is 42.8 Å². The first-order chi connectivity index (χ1) is 7.96. The molecule has 0 spiro atoms. The van der Waals surface area contributed by atoms with Crippen molar-refractivity contribution in [2.75, 3.05) is 11.0 Å². The number of hydrogen-bond acceptors (Lipinski definition) is 3. The molecular formula is C12H13NO3S. The van der Waals surface area contributed by atoms with Gasteiger partial charge in [0.25, 0.3) is 0 Å². The number of hydrogen-bond donors (Lipinski definition) is 1. The van der Waals surface area contributed by atoms with Crippen LogP contribution < -0.4 is 4.72 Å². The van der Waals surface area contributed by atoms with Gasteiger partial charge in [0.1, 0.15) is 5.76 Å². The van der Waals surface area contributed by atoms with Crippen molar-refractivity contribution in [2.45, 2.75) is 6.92 Å². The summed E-state index contributed by atoms with van der Waals surface area (Å²) >= 11 is 0. The second kappa shape index (κ2) is 4.25. The monoisotopic (exact) mass is 251 g/mol. The van der Waals surface area contributed by atoms with Crippen LogP contribution in [0.1, 0.15) is 5.56 Å². The standard InChI is InChI=1S/C12H13NO3S/c1-9-8-10(12-4-3-7-16-12)5-6-11(9)13-17(2,14)15/h3-8,13H,1-2H3. The van der Waals surface area contributed by atoms with Gasteiger partial charge in [-0.3, -0.25) is 4.72 Å². The number of sulfonamides is 1. The topological polar surface area (TPSA) is 59.3 Å². The third kappa shape index (κ3) is 2.88. The molecule has 0 bridgehead atoms. The van der Waals surface area contributed by atoms with Crippen molar-refractivity contribution in [3.63, 3.8) is 0 Å². The zero-order valence-electron chi connectivity index (χ0n) is 9.60. The smallest absolute Gasteiger partial charge is 0.229 e. The Balaban J connectivity index is 2.36. The van der Waals surface area contributed by atoms with Crippen LogP contribution in [0.3, 0.4) is 0 Å². The van der Waals surface area contributed by atoms with E-state index in [1.54, 1.807) is 12.3 Å². The highest BCUT2D eigenvalue weighted by Crippen LogP contribution is 2.25. The largest absolute Gasteiger partial charge is 0.464 e. The summed E-state index contributed by atoms with van der Waals surface area (Å²) in [7, 11) is -3.24. The van der Waals surface area contributed by atoms with E-state index in [4.69, 9.17) is 4.42 Å². The van der Waals surface area contributed by atoms with Gasteiger partial charge in [-0.1, -0.05) is 0 Å². The molecule has 90 valence electrons. The fourth-order valence-corrected chi connectivity index (χ4v) is 2.20. The van der Waals surface area contributed by atoms with E-state index in [9.17, 15) is 8.42 Å². The first-order valence-electron chi connectivity index (χ1n) is 5.08. The lowest BCUT2D eigenvalue weighted by molar-refractivity contribution is 0.582. The first kappa shape index (κ1) is 11.7. The van der Waals surface area contributed by atoms with Crippen LogP contribution in [-0.4, -0.2) is 14.7 Å². The molecule has 1 N–H and O–H groups in total. The van der Waals surface area contributed by atoms with Crippen molar-refractivity contribution in [3.05, 3.63) is 42.2 Å². The molecule has 5 heteroatoms. The van der Waals surface area contributed by atoms with Crippen LogP contribution in [0.15, 0.2) is 41.0 Å². The molecule has 2 aromatic rings. The highest BCUT2D eigenvalue weighted by molar-refractivity contribution is 7.92. The van der Waals surface area contributed by atoms with E-state index in [2.05, 4.69) is 4.72 Å². The molecule has 2 rings (SSSR count). The predicted octanol–water partition coefficient (Wildman–Crippen LogP) is 2.63. The normalized spacial score (nSPS) is 11.4. The lowest BCUT2D eigenvalue weighted by Gasteiger charge is -2.08. The summed E-state index contributed by atoms with van der Waals surface area (Å²) in [5, 5.41) is 0. The Morgan fingerprint density at radius 3 is 2.53 bits per heavy atom. The lowest BCUT2D eigenvalue weighted by atomic mass is 10.1. The summed E-state index contributed by atoms with van der Waals surface area (Å²) in [6, 6.07) is 9.10. The van der Waals surface area contributed by atoms with E-state index < -0.39 is 10.0 Å². The second-order valence-corrected chi connectivity index (χ2v) is 5.63. The predicted molar refractivity (Wildman–Crippen MR) is 67.3 cm³/mol. The fraction of sp³-hybridized carbons (Fsp3) is 0.167. The van der Waals surface area contributed by atoms with Crippen LogP contribution in [0.25, 0.3) is 11.3 Å². The average Bonchev–Trinajstić information content (AvgIpc) is 2.72. The van der Waals surface area contributed by atoms with Crippen LogP contribution >= 0.6 is 0 Å². The Kier molecular flexibility index (Phi) is 2.93. The molecule has 1 aromatic carbocycles. The Morgan fingerprint density at radius 1 is 1.24 bits per heavy atom. The van der Waals surface area contributed by atoms with Gasteiger partial charge in [0.2, 0.25) is 10.0 Å². The van der Waals surface area contributed by atoms with Crippen molar-refractivity contribution < 1.29 is 12.8 Å². The number of anilines is 1. The Hall–Kier alpha value is -1.75. The van der Waals surface area contributed by atoms with Gasteiger partial charge in [-0.25, -0.2) is 8.42 Å². The van der Waals surface area contributed by atoms with E-state index in [-0.39, 0.29) is 0 Å². The molecule has 1 aromatic heterocycles. The molecule has 4 nitrogen and oxygen atoms in total. The Bertz CT molecular complexity index is 615. The maximum absolute atomic E-state index is 11.1. The Labute approximate surface area is 100 Å². The van der Waals surface area contributed by atoms with Crippen LogP contribution in [0.2, 0.25) is 0 Å². The Morgan fingerprint density at radius 2 is 2.00 bits per heavy atom. The number of rotatable bonds is 3. The molecule has 0 aliphatic carbocycles. The lowest BCUT2D eigenvalue weighted by Crippen LogP contribution is -2.10.